The van der Waals surface area contributed by atoms with E-state index in [0.29, 0.717) is 29.1 Å². The van der Waals surface area contributed by atoms with Gasteiger partial charge in [0.2, 0.25) is 0 Å². The lowest BCUT2D eigenvalue weighted by molar-refractivity contribution is 0.0966. The molecule has 3 aromatic carbocycles. The fourth-order valence-electron chi connectivity index (χ4n) is 3.29. The van der Waals surface area contributed by atoms with Gasteiger partial charge in [0.05, 0.1) is 18.4 Å². The van der Waals surface area contributed by atoms with Crippen molar-refractivity contribution in [2.24, 2.45) is 0 Å². The monoisotopic (exact) mass is 376 g/mol. The van der Waals surface area contributed by atoms with Gasteiger partial charge in [-0.1, -0.05) is 18.2 Å². The van der Waals surface area contributed by atoms with Crippen molar-refractivity contribution in [2.45, 2.75) is 6.54 Å². The fraction of sp³-hybridized carbons (Fsp3) is 0.0909. The zero-order valence-electron chi connectivity index (χ0n) is 15.1. The summed E-state index contributed by atoms with van der Waals surface area (Å²) in [4.78, 5) is 25.0. The quantitative estimate of drug-likeness (QED) is 0.723. The Kier molecular flexibility index (Phi) is 4.53. The second-order valence-electron chi connectivity index (χ2n) is 6.39. The average molecular weight is 376 g/mol. The molecule has 1 aliphatic rings. The molecule has 0 atom stereocenters. The van der Waals surface area contributed by atoms with Crippen molar-refractivity contribution in [2.75, 3.05) is 12.4 Å². The predicted molar refractivity (Wildman–Crippen MR) is 104 cm³/mol. The normalized spacial score (nSPS) is 12.3. The molecule has 3 aromatic rings. The van der Waals surface area contributed by atoms with Crippen LogP contribution in [0, 0.1) is 5.82 Å². The van der Waals surface area contributed by atoms with E-state index in [2.05, 4.69) is 10.6 Å². The van der Waals surface area contributed by atoms with Gasteiger partial charge in [-0.25, -0.2) is 4.39 Å². The number of halogens is 1. The molecule has 4 rings (SSSR count). The molecule has 0 aromatic heterocycles. The van der Waals surface area contributed by atoms with Gasteiger partial charge in [0.1, 0.15) is 11.6 Å². The number of ether oxygens (including phenoxy) is 1. The van der Waals surface area contributed by atoms with Gasteiger partial charge in [-0.2, -0.15) is 0 Å². The van der Waals surface area contributed by atoms with Crippen LogP contribution in [0.15, 0.2) is 60.7 Å². The maximum atomic E-state index is 13.2. The number of carbonyl (C=O) groups is 2. The van der Waals surface area contributed by atoms with Crippen molar-refractivity contribution in [3.63, 3.8) is 0 Å². The van der Waals surface area contributed by atoms with E-state index in [0.717, 1.165) is 16.7 Å². The molecule has 1 heterocycles. The molecule has 1 aliphatic heterocycles. The van der Waals surface area contributed by atoms with Crippen molar-refractivity contribution < 1.29 is 18.7 Å². The van der Waals surface area contributed by atoms with Crippen molar-refractivity contribution >= 4 is 17.5 Å². The zero-order chi connectivity index (χ0) is 19.7. The Morgan fingerprint density at radius 3 is 2.43 bits per heavy atom. The molecule has 0 radical (unpaired) electrons. The molecule has 0 saturated carbocycles. The molecule has 28 heavy (non-hydrogen) atoms. The van der Waals surface area contributed by atoms with E-state index >= 15 is 0 Å². The average Bonchev–Trinajstić information content (AvgIpc) is 3.11. The summed E-state index contributed by atoms with van der Waals surface area (Å²) < 4.78 is 18.3. The zero-order valence-corrected chi connectivity index (χ0v) is 15.1. The number of fused-ring (bicyclic) bond motifs is 1. The van der Waals surface area contributed by atoms with E-state index in [4.69, 9.17) is 4.74 Å². The third-order valence-corrected chi connectivity index (χ3v) is 4.72. The molecule has 2 amide bonds. The summed E-state index contributed by atoms with van der Waals surface area (Å²) in [6, 6.07) is 16.3. The Hall–Kier alpha value is -3.67. The van der Waals surface area contributed by atoms with E-state index in [1.165, 1.54) is 12.1 Å². The highest BCUT2D eigenvalue weighted by Crippen LogP contribution is 2.34. The van der Waals surface area contributed by atoms with Gasteiger partial charge in [0.25, 0.3) is 11.8 Å². The highest BCUT2D eigenvalue weighted by atomic mass is 19.1. The highest BCUT2D eigenvalue weighted by molar-refractivity contribution is 6.11. The van der Waals surface area contributed by atoms with E-state index in [-0.39, 0.29) is 17.6 Å². The lowest BCUT2D eigenvalue weighted by atomic mass is 9.95. The molecule has 5 nitrogen and oxygen atoms in total. The number of nitrogens with one attached hydrogen (secondary N) is 2. The highest BCUT2D eigenvalue weighted by Gasteiger charge is 2.26. The molecular formula is C22H17FN2O3. The van der Waals surface area contributed by atoms with Crippen LogP contribution < -0.4 is 15.4 Å². The third-order valence-electron chi connectivity index (χ3n) is 4.72. The Morgan fingerprint density at radius 1 is 1.04 bits per heavy atom. The molecule has 0 bridgehead atoms. The Bertz CT molecular complexity index is 1060. The summed E-state index contributed by atoms with van der Waals surface area (Å²) >= 11 is 0. The van der Waals surface area contributed by atoms with Gasteiger partial charge >= 0.3 is 0 Å². The van der Waals surface area contributed by atoms with Crippen LogP contribution in [0.25, 0.3) is 11.1 Å². The second kappa shape index (κ2) is 7.15. The number of carbonyl (C=O) groups excluding carboxylic acids is 2. The van der Waals surface area contributed by atoms with E-state index in [9.17, 15) is 14.0 Å². The first kappa shape index (κ1) is 17.7. The minimum Gasteiger partial charge on any atom is -0.497 e. The van der Waals surface area contributed by atoms with Gasteiger partial charge in [-0.15, -0.1) is 0 Å². The third kappa shape index (κ3) is 3.20. The smallest absolute Gasteiger partial charge is 0.255 e. The number of methoxy groups -OCH3 is 1. The summed E-state index contributed by atoms with van der Waals surface area (Å²) in [5.41, 5.74) is 3.75. The number of hydrogen-bond donors (Lipinski definition) is 2. The van der Waals surface area contributed by atoms with Crippen LogP contribution in [0.3, 0.4) is 0 Å². The SMILES string of the molecule is COc1ccc(C(=O)Nc2ccc(-c3ccc(F)cc3)c3c2C(=O)NC3)cc1. The van der Waals surface area contributed by atoms with Crippen LogP contribution in [0.4, 0.5) is 10.1 Å². The first-order valence-electron chi connectivity index (χ1n) is 8.72. The summed E-state index contributed by atoms with van der Waals surface area (Å²) in [6.45, 7) is 0.354. The van der Waals surface area contributed by atoms with Crippen LogP contribution in [-0.4, -0.2) is 18.9 Å². The molecule has 0 spiro atoms. The molecule has 140 valence electrons. The number of rotatable bonds is 4. The summed E-state index contributed by atoms with van der Waals surface area (Å²) in [5.74, 6) is -0.235. The van der Waals surface area contributed by atoms with Crippen LogP contribution in [0.5, 0.6) is 5.75 Å². The number of hydrogen-bond acceptors (Lipinski definition) is 3. The summed E-state index contributed by atoms with van der Waals surface area (Å²) in [7, 11) is 1.56. The van der Waals surface area contributed by atoms with Gasteiger partial charge < -0.3 is 15.4 Å². The van der Waals surface area contributed by atoms with Gasteiger partial charge in [0.15, 0.2) is 0 Å². The minimum atomic E-state index is -0.321. The Labute approximate surface area is 161 Å². The summed E-state index contributed by atoms with van der Waals surface area (Å²) in [5, 5.41) is 5.61. The topological polar surface area (TPSA) is 67.4 Å². The van der Waals surface area contributed by atoms with Gasteiger partial charge in [0, 0.05) is 12.1 Å². The standard InChI is InChI=1S/C22H17FN2O3/c1-28-16-8-4-14(5-9-16)21(26)25-19-11-10-17(13-2-6-15(23)7-3-13)18-12-24-22(27)20(18)19/h2-11H,12H2,1H3,(H,24,27)(H,25,26). The maximum absolute atomic E-state index is 13.2. The number of anilines is 1. The molecule has 0 unspecified atom stereocenters. The molecule has 2 N–H and O–H groups in total. The fourth-order valence-corrected chi connectivity index (χ4v) is 3.29. The molecule has 0 aliphatic carbocycles. The van der Waals surface area contributed by atoms with Gasteiger partial charge in [-0.3, -0.25) is 9.59 Å². The lowest BCUT2D eigenvalue weighted by Crippen LogP contribution is -2.17. The predicted octanol–water partition coefficient (Wildman–Crippen LogP) is 4.00. The Balaban J connectivity index is 1.68. The van der Waals surface area contributed by atoms with Crippen LogP contribution in [0.2, 0.25) is 0 Å². The van der Waals surface area contributed by atoms with E-state index in [1.54, 1.807) is 49.6 Å². The second-order valence-corrected chi connectivity index (χ2v) is 6.39. The minimum absolute atomic E-state index is 0.246. The first-order valence-corrected chi connectivity index (χ1v) is 8.72. The summed E-state index contributed by atoms with van der Waals surface area (Å²) in [6.07, 6.45) is 0. The van der Waals surface area contributed by atoms with Crippen molar-refractivity contribution in [3.8, 4) is 16.9 Å². The molecule has 0 fully saturated rings. The van der Waals surface area contributed by atoms with Crippen LogP contribution >= 0.6 is 0 Å². The number of benzene rings is 3. The van der Waals surface area contributed by atoms with Crippen molar-refractivity contribution in [1.82, 2.24) is 5.32 Å². The van der Waals surface area contributed by atoms with E-state index in [1.807, 2.05) is 6.07 Å². The largest absolute Gasteiger partial charge is 0.497 e. The first-order chi connectivity index (χ1) is 13.6. The lowest BCUT2D eigenvalue weighted by Gasteiger charge is -2.13. The maximum Gasteiger partial charge on any atom is 0.255 e. The molecule has 6 heteroatoms. The van der Waals surface area contributed by atoms with Crippen LogP contribution in [-0.2, 0) is 6.54 Å². The van der Waals surface area contributed by atoms with Gasteiger partial charge in [-0.05, 0) is 59.2 Å². The molecule has 0 saturated heterocycles. The van der Waals surface area contributed by atoms with E-state index < -0.39 is 0 Å². The van der Waals surface area contributed by atoms with Crippen LogP contribution in [0.1, 0.15) is 26.3 Å². The van der Waals surface area contributed by atoms with Crippen molar-refractivity contribution in [3.05, 3.63) is 83.2 Å². The van der Waals surface area contributed by atoms with Crippen molar-refractivity contribution in [1.29, 1.82) is 0 Å². The Morgan fingerprint density at radius 2 is 1.75 bits per heavy atom. The number of amides is 2. The molecular weight excluding hydrogens is 359 g/mol.